The van der Waals surface area contributed by atoms with E-state index in [9.17, 15) is 0 Å². The molecule has 3 rings (SSSR count). The summed E-state index contributed by atoms with van der Waals surface area (Å²) < 4.78 is 5.86. The summed E-state index contributed by atoms with van der Waals surface area (Å²) >= 11 is 0. The molecule has 24 heavy (non-hydrogen) atoms. The molecule has 1 aliphatic rings. The second-order valence-corrected chi connectivity index (χ2v) is 7.15. The van der Waals surface area contributed by atoms with E-state index in [0.717, 1.165) is 43.5 Å². The van der Waals surface area contributed by atoms with Crippen molar-refractivity contribution in [3.8, 4) is 5.75 Å². The van der Waals surface area contributed by atoms with E-state index >= 15 is 0 Å². The van der Waals surface area contributed by atoms with E-state index in [1.54, 1.807) is 0 Å². The summed E-state index contributed by atoms with van der Waals surface area (Å²) in [5, 5.41) is 11.5. The minimum Gasteiger partial charge on any atom is -0.494 e. The smallest absolute Gasteiger partial charge is 0.119 e. The normalized spacial score (nSPS) is 19.6. The average Bonchev–Trinajstić information content (AvgIpc) is 3.38. The van der Waals surface area contributed by atoms with Crippen LogP contribution >= 0.6 is 0 Å². The van der Waals surface area contributed by atoms with Crippen LogP contribution in [0.25, 0.3) is 10.8 Å². The molecule has 1 aliphatic carbocycles. The van der Waals surface area contributed by atoms with E-state index in [1.165, 1.54) is 42.0 Å². The van der Waals surface area contributed by atoms with Crippen LogP contribution in [0.3, 0.4) is 0 Å². The van der Waals surface area contributed by atoms with Crippen molar-refractivity contribution >= 4 is 10.8 Å². The van der Waals surface area contributed by atoms with Crippen molar-refractivity contribution in [2.75, 3.05) is 13.2 Å². The summed E-state index contributed by atoms with van der Waals surface area (Å²) in [5.74, 6) is 2.55. The van der Waals surface area contributed by atoms with Crippen LogP contribution in [0.2, 0.25) is 0 Å². The Morgan fingerprint density at radius 1 is 1.00 bits per heavy atom. The third-order valence-electron chi connectivity index (χ3n) is 5.19. The number of hydrogen-bond acceptors (Lipinski definition) is 2. The van der Waals surface area contributed by atoms with Crippen LogP contribution < -0.4 is 4.74 Å². The molecule has 0 heterocycles. The van der Waals surface area contributed by atoms with Gasteiger partial charge in [-0.15, -0.1) is 0 Å². The van der Waals surface area contributed by atoms with Crippen molar-refractivity contribution < 1.29 is 9.84 Å². The van der Waals surface area contributed by atoms with Crippen LogP contribution in [-0.4, -0.2) is 18.3 Å². The fraction of sp³-hybridized carbons (Fsp3) is 0.545. The predicted octanol–water partition coefficient (Wildman–Crippen LogP) is 5.67. The van der Waals surface area contributed by atoms with Crippen molar-refractivity contribution in [3.05, 3.63) is 42.0 Å². The van der Waals surface area contributed by atoms with Gasteiger partial charge in [-0.3, -0.25) is 0 Å². The average molecular weight is 326 g/mol. The molecular weight excluding hydrogens is 296 g/mol. The lowest BCUT2D eigenvalue weighted by atomic mass is 10.0. The highest BCUT2D eigenvalue weighted by Gasteiger charge is 2.37. The van der Waals surface area contributed by atoms with E-state index in [1.807, 2.05) is 0 Å². The van der Waals surface area contributed by atoms with Crippen LogP contribution in [0, 0.1) is 5.92 Å². The predicted molar refractivity (Wildman–Crippen MR) is 101 cm³/mol. The Bertz CT molecular complexity index is 649. The van der Waals surface area contributed by atoms with Gasteiger partial charge in [-0.05, 0) is 66.0 Å². The minimum absolute atomic E-state index is 0.330. The summed E-state index contributed by atoms with van der Waals surface area (Å²) in [5.41, 5.74) is 1.48. The molecule has 130 valence electrons. The first-order valence-electron chi connectivity index (χ1n) is 9.59. The molecule has 2 heteroatoms. The lowest BCUT2D eigenvalue weighted by molar-refractivity contribution is 0.281. The van der Waals surface area contributed by atoms with Gasteiger partial charge in [0, 0.05) is 6.61 Å². The Balaban J connectivity index is 1.59. The number of ether oxygens (including phenoxy) is 1. The molecule has 2 atom stereocenters. The molecule has 0 spiro atoms. The zero-order valence-electron chi connectivity index (χ0n) is 14.8. The molecule has 0 aromatic heterocycles. The van der Waals surface area contributed by atoms with E-state index in [4.69, 9.17) is 9.84 Å². The molecule has 1 fully saturated rings. The maximum absolute atomic E-state index is 8.89. The molecule has 0 amide bonds. The van der Waals surface area contributed by atoms with E-state index in [2.05, 4.69) is 43.3 Å². The zero-order valence-corrected chi connectivity index (χ0v) is 14.8. The summed E-state index contributed by atoms with van der Waals surface area (Å²) in [6.45, 7) is 3.36. The standard InChI is InChI=1S/C22H30O2/c1-2-3-6-13-24-21-11-10-17-14-20(9-8-18(17)15-21)22-16-19(22)7-4-5-12-23/h8-11,14-15,19,22-23H,2-7,12-13,16H2,1H3/t19-,22?/m1/s1. The van der Waals surface area contributed by atoms with Crippen LogP contribution in [0.15, 0.2) is 36.4 Å². The van der Waals surface area contributed by atoms with Crippen molar-refractivity contribution in [2.45, 2.75) is 57.8 Å². The fourth-order valence-electron chi connectivity index (χ4n) is 3.60. The van der Waals surface area contributed by atoms with Crippen LogP contribution in [0.5, 0.6) is 5.75 Å². The number of fused-ring (bicyclic) bond motifs is 1. The monoisotopic (exact) mass is 326 g/mol. The third kappa shape index (κ3) is 4.51. The Labute approximate surface area is 145 Å². The number of benzene rings is 2. The van der Waals surface area contributed by atoms with Crippen LogP contribution in [-0.2, 0) is 0 Å². The largest absolute Gasteiger partial charge is 0.494 e. The molecular formula is C22H30O2. The molecule has 1 saturated carbocycles. The van der Waals surface area contributed by atoms with Gasteiger partial charge in [0.25, 0.3) is 0 Å². The molecule has 0 bridgehead atoms. The first-order valence-corrected chi connectivity index (χ1v) is 9.59. The highest BCUT2D eigenvalue weighted by Crippen LogP contribution is 2.50. The van der Waals surface area contributed by atoms with Gasteiger partial charge in [0.1, 0.15) is 5.75 Å². The highest BCUT2D eigenvalue weighted by atomic mass is 16.5. The van der Waals surface area contributed by atoms with Gasteiger partial charge in [-0.2, -0.15) is 0 Å². The number of hydrogen-bond donors (Lipinski definition) is 1. The molecule has 0 aliphatic heterocycles. The third-order valence-corrected chi connectivity index (χ3v) is 5.19. The first kappa shape index (κ1) is 17.3. The molecule has 2 aromatic rings. The molecule has 2 aromatic carbocycles. The van der Waals surface area contributed by atoms with Gasteiger partial charge in [-0.25, -0.2) is 0 Å². The summed E-state index contributed by atoms with van der Waals surface area (Å²) in [6, 6.07) is 13.3. The lowest BCUT2D eigenvalue weighted by Crippen LogP contribution is -1.96. The minimum atomic E-state index is 0.330. The Hall–Kier alpha value is -1.54. The zero-order chi connectivity index (χ0) is 16.8. The molecule has 1 N–H and O–H groups in total. The quantitative estimate of drug-likeness (QED) is 0.570. The number of aliphatic hydroxyl groups is 1. The second kappa shape index (κ2) is 8.53. The summed E-state index contributed by atoms with van der Waals surface area (Å²) in [7, 11) is 0. The van der Waals surface area contributed by atoms with Gasteiger partial charge in [0.15, 0.2) is 0 Å². The molecule has 0 radical (unpaired) electrons. The maximum atomic E-state index is 8.89. The van der Waals surface area contributed by atoms with Crippen LogP contribution in [0.4, 0.5) is 0 Å². The Morgan fingerprint density at radius 2 is 1.83 bits per heavy atom. The number of unbranched alkanes of at least 4 members (excludes halogenated alkanes) is 3. The van der Waals surface area contributed by atoms with E-state index < -0.39 is 0 Å². The molecule has 2 nitrogen and oxygen atoms in total. The van der Waals surface area contributed by atoms with Gasteiger partial charge < -0.3 is 9.84 Å². The summed E-state index contributed by atoms with van der Waals surface area (Å²) in [4.78, 5) is 0. The van der Waals surface area contributed by atoms with Crippen molar-refractivity contribution in [1.82, 2.24) is 0 Å². The first-order chi connectivity index (χ1) is 11.8. The molecule has 0 saturated heterocycles. The van der Waals surface area contributed by atoms with Crippen molar-refractivity contribution in [2.24, 2.45) is 5.92 Å². The SMILES string of the molecule is CCCCCOc1ccc2cc(C3C[C@H]3CCCCO)ccc2c1. The lowest BCUT2D eigenvalue weighted by Gasteiger charge is -2.08. The topological polar surface area (TPSA) is 29.5 Å². The van der Waals surface area contributed by atoms with E-state index in [0.29, 0.717) is 6.61 Å². The van der Waals surface area contributed by atoms with Gasteiger partial charge >= 0.3 is 0 Å². The molecule has 1 unspecified atom stereocenters. The number of rotatable bonds is 10. The summed E-state index contributed by atoms with van der Waals surface area (Å²) in [6.07, 6.45) is 8.27. The second-order valence-electron chi connectivity index (χ2n) is 7.15. The fourth-order valence-corrected chi connectivity index (χ4v) is 3.60. The van der Waals surface area contributed by atoms with Gasteiger partial charge in [-0.1, -0.05) is 50.5 Å². The van der Waals surface area contributed by atoms with Crippen LogP contribution in [0.1, 0.15) is 63.4 Å². The van der Waals surface area contributed by atoms with Crippen molar-refractivity contribution in [3.63, 3.8) is 0 Å². The van der Waals surface area contributed by atoms with Gasteiger partial charge in [0.05, 0.1) is 6.61 Å². The Morgan fingerprint density at radius 3 is 2.67 bits per heavy atom. The van der Waals surface area contributed by atoms with Crippen molar-refractivity contribution in [1.29, 1.82) is 0 Å². The number of aliphatic hydroxyl groups excluding tert-OH is 1. The highest BCUT2D eigenvalue weighted by molar-refractivity contribution is 5.84. The Kier molecular flexibility index (Phi) is 6.14. The maximum Gasteiger partial charge on any atom is 0.119 e. The van der Waals surface area contributed by atoms with Gasteiger partial charge in [0.2, 0.25) is 0 Å². The van der Waals surface area contributed by atoms with E-state index in [-0.39, 0.29) is 0 Å².